The van der Waals surface area contributed by atoms with Gasteiger partial charge >= 0.3 is 11.8 Å². The molecule has 0 aliphatic rings. The number of amides is 2. The third-order valence-corrected chi connectivity index (χ3v) is 3.90. The highest BCUT2D eigenvalue weighted by Crippen LogP contribution is 2.07. The van der Waals surface area contributed by atoms with Crippen molar-refractivity contribution >= 4 is 23.2 Å². The lowest BCUT2D eigenvalue weighted by Crippen LogP contribution is -2.42. The van der Waals surface area contributed by atoms with E-state index in [-0.39, 0.29) is 6.54 Å². The van der Waals surface area contributed by atoms with Gasteiger partial charge in [0.05, 0.1) is 12.6 Å². The van der Waals surface area contributed by atoms with Crippen LogP contribution in [0, 0.1) is 0 Å². The second kappa shape index (κ2) is 8.31. The number of carbonyl (C=O) groups is 2. The standard InChI is InChI=1S/C16H18N2O3S/c19-13(9-12-5-2-1-3-6-12)10-17-15(20)16(21)18-11-14-7-4-8-22-14/h1-8,13,19H,9-11H2,(H,17,20)(H,18,21). The molecule has 0 bridgehead atoms. The zero-order chi connectivity index (χ0) is 15.8. The first-order valence-electron chi connectivity index (χ1n) is 6.95. The van der Waals surface area contributed by atoms with Crippen LogP contribution in [0.25, 0.3) is 0 Å². The lowest BCUT2D eigenvalue weighted by atomic mass is 10.1. The summed E-state index contributed by atoms with van der Waals surface area (Å²) in [5.74, 6) is -1.43. The Morgan fingerprint density at radius 3 is 2.45 bits per heavy atom. The van der Waals surface area contributed by atoms with Crippen LogP contribution in [0.1, 0.15) is 10.4 Å². The molecule has 1 aromatic carbocycles. The second-order valence-electron chi connectivity index (χ2n) is 4.82. The van der Waals surface area contributed by atoms with Crippen molar-refractivity contribution in [3.8, 4) is 0 Å². The van der Waals surface area contributed by atoms with Crippen LogP contribution in [-0.2, 0) is 22.6 Å². The van der Waals surface area contributed by atoms with E-state index in [1.165, 1.54) is 11.3 Å². The maximum Gasteiger partial charge on any atom is 0.309 e. The minimum absolute atomic E-state index is 0.0418. The Balaban J connectivity index is 1.69. The molecule has 3 N–H and O–H groups in total. The minimum Gasteiger partial charge on any atom is -0.391 e. The molecule has 0 spiro atoms. The van der Waals surface area contributed by atoms with Gasteiger partial charge in [-0.25, -0.2) is 0 Å². The van der Waals surface area contributed by atoms with E-state index in [4.69, 9.17) is 0 Å². The Bertz CT molecular complexity index is 599. The Hall–Kier alpha value is -2.18. The summed E-state index contributed by atoms with van der Waals surface area (Å²) < 4.78 is 0. The molecule has 0 aliphatic heterocycles. The van der Waals surface area contributed by atoms with Gasteiger partial charge in [-0.15, -0.1) is 11.3 Å². The monoisotopic (exact) mass is 318 g/mol. The van der Waals surface area contributed by atoms with Gasteiger partial charge in [-0.05, 0) is 17.0 Å². The molecule has 5 nitrogen and oxygen atoms in total. The SMILES string of the molecule is O=C(NCc1cccs1)C(=O)NCC(O)Cc1ccccc1. The van der Waals surface area contributed by atoms with E-state index in [1.807, 2.05) is 47.8 Å². The van der Waals surface area contributed by atoms with E-state index < -0.39 is 17.9 Å². The first kappa shape index (κ1) is 16.2. The normalized spacial score (nSPS) is 11.7. The number of carbonyl (C=O) groups excluding carboxylic acids is 2. The van der Waals surface area contributed by atoms with Crippen LogP contribution in [-0.4, -0.2) is 29.6 Å². The number of nitrogens with one attached hydrogen (secondary N) is 2. The largest absolute Gasteiger partial charge is 0.391 e. The molecule has 6 heteroatoms. The third kappa shape index (κ3) is 5.31. The van der Waals surface area contributed by atoms with Crippen LogP contribution in [0.5, 0.6) is 0 Å². The van der Waals surface area contributed by atoms with Crippen molar-refractivity contribution in [1.82, 2.24) is 10.6 Å². The molecule has 2 rings (SSSR count). The molecule has 1 heterocycles. The summed E-state index contributed by atoms with van der Waals surface area (Å²) in [7, 11) is 0. The summed E-state index contributed by atoms with van der Waals surface area (Å²) in [4.78, 5) is 24.2. The molecular weight excluding hydrogens is 300 g/mol. The summed E-state index contributed by atoms with van der Waals surface area (Å²) in [5.41, 5.74) is 0.978. The fourth-order valence-corrected chi connectivity index (χ4v) is 2.55. The molecule has 0 fully saturated rings. The van der Waals surface area contributed by atoms with Gasteiger partial charge in [0.15, 0.2) is 0 Å². The fourth-order valence-electron chi connectivity index (χ4n) is 1.91. The third-order valence-electron chi connectivity index (χ3n) is 3.02. The molecule has 1 aromatic heterocycles. The average molecular weight is 318 g/mol. The van der Waals surface area contributed by atoms with Crippen LogP contribution >= 0.6 is 11.3 Å². The van der Waals surface area contributed by atoms with Crippen molar-refractivity contribution in [2.45, 2.75) is 19.1 Å². The fraction of sp³-hybridized carbons (Fsp3) is 0.250. The Labute approximate surface area is 133 Å². The summed E-state index contributed by atoms with van der Waals surface area (Å²) in [5, 5.41) is 16.7. The van der Waals surface area contributed by atoms with Crippen molar-refractivity contribution in [3.63, 3.8) is 0 Å². The van der Waals surface area contributed by atoms with E-state index in [0.29, 0.717) is 13.0 Å². The number of rotatable bonds is 6. The molecule has 2 aromatic rings. The van der Waals surface area contributed by atoms with Crippen LogP contribution in [0.4, 0.5) is 0 Å². The highest BCUT2D eigenvalue weighted by Gasteiger charge is 2.14. The molecule has 116 valence electrons. The van der Waals surface area contributed by atoms with Crippen LogP contribution in [0.15, 0.2) is 47.8 Å². The number of benzene rings is 1. The van der Waals surface area contributed by atoms with Crippen molar-refractivity contribution in [1.29, 1.82) is 0 Å². The van der Waals surface area contributed by atoms with E-state index in [9.17, 15) is 14.7 Å². The predicted octanol–water partition coefficient (Wildman–Crippen LogP) is 1.08. The van der Waals surface area contributed by atoms with E-state index in [0.717, 1.165) is 10.4 Å². The second-order valence-corrected chi connectivity index (χ2v) is 5.85. The molecule has 1 unspecified atom stereocenters. The molecule has 0 radical (unpaired) electrons. The van der Waals surface area contributed by atoms with E-state index >= 15 is 0 Å². The lowest BCUT2D eigenvalue weighted by Gasteiger charge is -2.11. The number of aliphatic hydroxyl groups excluding tert-OH is 1. The zero-order valence-corrected chi connectivity index (χ0v) is 12.8. The topological polar surface area (TPSA) is 78.4 Å². The van der Waals surface area contributed by atoms with E-state index in [2.05, 4.69) is 10.6 Å². The Morgan fingerprint density at radius 1 is 1.05 bits per heavy atom. The molecule has 0 aliphatic carbocycles. The van der Waals surface area contributed by atoms with Crippen LogP contribution in [0.3, 0.4) is 0 Å². The first-order valence-corrected chi connectivity index (χ1v) is 7.83. The molecule has 2 amide bonds. The summed E-state index contributed by atoms with van der Waals surface area (Å²) in [6, 6.07) is 13.2. The van der Waals surface area contributed by atoms with Crippen molar-refractivity contribution in [2.24, 2.45) is 0 Å². The van der Waals surface area contributed by atoms with Gasteiger partial charge in [0.25, 0.3) is 0 Å². The summed E-state index contributed by atoms with van der Waals surface area (Å²) >= 11 is 1.51. The molecule has 1 atom stereocenters. The Kier molecular flexibility index (Phi) is 6.12. The first-order chi connectivity index (χ1) is 10.6. The highest BCUT2D eigenvalue weighted by molar-refractivity contribution is 7.09. The predicted molar refractivity (Wildman–Crippen MR) is 85.3 cm³/mol. The minimum atomic E-state index is -0.733. The average Bonchev–Trinajstić information content (AvgIpc) is 3.04. The van der Waals surface area contributed by atoms with Gasteiger partial charge in [0.2, 0.25) is 0 Å². The summed E-state index contributed by atoms with van der Waals surface area (Å²) in [6.07, 6.45) is -0.297. The number of hydrogen-bond donors (Lipinski definition) is 3. The number of thiophene rings is 1. The van der Waals surface area contributed by atoms with Gasteiger partial charge in [-0.2, -0.15) is 0 Å². The van der Waals surface area contributed by atoms with E-state index in [1.54, 1.807) is 0 Å². The van der Waals surface area contributed by atoms with Crippen LogP contribution < -0.4 is 10.6 Å². The lowest BCUT2D eigenvalue weighted by molar-refractivity contribution is -0.139. The van der Waals surface area contributed by atoms with Gasteiger partial charge in [-0.1, -0.05) is 36.4 Å². The number of aliphatic hydroxyl groups is 1. The molecular formula is C16H18N2O3S. The maximum absolute atomic E-state index is 11.6. The zero-order valence-electron chi connectivity index (χ0n) is 12.0. The Morgan fingerprint density at radius 2 is 1.77 bits per heavy atom. The van der Waals surface area contributed by atoms with Gasteiger partial charge in [-0.3, -0.25) is 9.59 Å². The van der Waals surface area contributed by atoms with Gasteiger partial charge in [0, 0.05) is 17.8 Å². The van der Waals surface area contributed by atoms with Crippen LogP contribution in [0.2, 0.25) is 0 Å². The summed E-state index contributed by atoms with van der Waals surface area (Å²) in [6.45, 7) is 0.372. The molecule has 0 saturated heterocycles. The highest BCUT2D eigenvalue weighted by atomic mass is 32.1. The quantitative estimate of drug-likeness (QED) is 0.698. The molecule has 0 saturated carbocycles. The number of hydrogen-bond acceptors (Lipinski definition) is 4. The smallest absolute Gasteiger partial charge is 0.309 e. The van der Waals surface area contributed by atoms with Gasteiger partial charge in [0.1, 0.15) is 0 Å². The molecule has 22 heavy (non-hydrogen) atoms. The van der Waals surface area contributed by atoms with Crippen molar-refractivity contribution in [2.75, 3.05) is 6.54 Å². The van der Waals surface area contributed by atoms with Crippen molar-refractivity contribution in [3.05, 3.63) is 58.3 Å². The van der Waals surface area contributed by atoms with Gasteiger partial charge < -0.3 is 15.7 Å². The van der Waals surface area contributed by atoms with Crippen molar-refractivity contribution < 1.29 is 14.7 Å². The maximum atomic E-state index is 11.6.